The number of thiazole rings is 1. The average molecular weight is 384 g/mol. The van der Waals surface area contributed by atoms with Crippen molar-refractivity contribution in [3.8, 4) is 11.1 Å². The molecule has 0 bridgehead atoms. The van der Waals surface area contributed by atoms with Crippen molar-refractivity contribution in [1.82, 2.24) is 9.97 Å². The summed E-state index contributed by atoms with van der Waals surface area (Å²) in [4.78, 5) is 10.6. The van der Waals surface area contributed by atoms with Crippen molar-refractivity contribution in [2.24, 2.45) is 0 Å². The van der Waals surface area contributed by atoms with Gasteiger partial charge in [0, 0.05) is 28.9 Å². The molecule has 0 aliphatic carbocycles. The Bertz CT molecular complexity index is 1130. The van der Waals surface area contributed by atoms with Crippen LogP contribution in [0.1, 0.15) is 26.7 Å². The van der Waals surface area contributed by atoms with Crippen LogP contribution in [0.15, 0.2) is 66.9 Å². The zero-order valence-corrected chi connectivity index (χ0v) is 16.6. The van der Waals surface area contributed by atoms with Crippen molar-refractivity contribution >= 4 is 22.8 Å². The van der Waals surface area contributed by atoms with Crippen LogP contribution in [-0.4, -0.2) is 9.97 Å². The Morgan fingerprint density at radius 1 is 0.964 bits per heavy atom. The highest BCUT2D eigenvalue weighted by Gasteiger charge is 2.18. The predicted octanol–water partition coefficient (Wildman–Crippen LogP) is 5.95. The molecule has 3 nitrogen and oxygen atoms in total. The van der Waals surface area contributed by atoms with Crippen molar-refractivity contribution in [2.45, 2.75) is 26.2 Å². The molecule has 4 aromatic rings. The minimum absolute atomic E-state index is 0.896. The molecule has 1 aliphatic rings. The van der Waals surface area contributed by atoms with Gasteiger partial charge in [0.15, 0.2) is 0 Å². The van der Waals surface area contributed by atoms with Crippen LogP contribution >= 0.6 is 11.3 Å². The zero-order valence-electron chi connectivity index (χ0n) is 15.8. The first-order chi connectivity index (χ1) is 13.7. The lowest BCUT2D eigenvalue weighted by molar-refractivity contribution is 0.995. The third-order valence-corrected chi connectivity index (χ3v) is 6.26. The molecule has 0 radical (unpaired) electrons. The molecule has 28 heavy (non-hydrogen) atoms. The van der Waals surface area contributed by atoms with E-state index in [2.05, 4.69) is 71.0 Å². The molecular formula is C24H21N3S. The van der Waals surface area contributed by atoms with Gasteiger partial charge in [-0.05, 0) is 66.3 Å². The summed E-state index contributed by atoms with van der Waals surface area (Å²) in [6.07, 6.45) is 4.83. The standard InChI is InChI=1S/C24H21N3S/c1-16-13-19(11-12-25-16)18-7-9-21-20(15-18)8-10-22-24(26-21)27-23(28-22)14-17-5-3-2-4-6-17/h2-7,9,11-13,15,26H,8,10,14H2,1H3. The lowest BCUT2D eigenvalue weighted by Crippen LogP contribution is -1.95. The number of rotatable bonds is 3. The molecule has 2 aromatic carbocycles. The number of aryl methyl sites for hydroxylation is 3. The van der Waals surface area contributed by atoms with Gasteiger partial charge in [-0.2, -0.15) is 0 Å². The summed E-state index contributed by atoms with van der Waals surface area (Å²) in [5.74, 6) is 1.03. The number of fused-ring (bicyclic) bond motifs is 2. The second-order valence-electron chi connectivity index (χ2n) is 7.22. The topological polar surface area (TPSA) is 37.8 Å². The van der Waals surface area contributed by atoms with Crippen LogP contribution in [0.3, 0.4) is 0 Å². The first-order valence-electron chi connectivity index (χ1n) is 9.60. The number of aromatic nitrogens is 2. The predicted molar refractivity (Wildman–Crippen MR) is 116 cm³/mol. The maximum atomic E-state index is 4.90. The summed E-state index contributed by atoms with van der Waals surface area (Å²) in [6.45, 7) is 2.03. The Morgan fingerprint density at radius 3 is 2.68 bits per heavy atom. The highest BCUT2D eigenvalue weighted by Crippen LogP contribution is 2.35. The van der Waals surface area contributed by atoms with E-state index in [4.69, 9.17) is 4.98 Å². The Balaban J connectivity index is 1.41. The van der Waals surface area contributed by atoms with E-state index < -0.39 is 0 Å². The van der Waals surface area contributed by atoms with E-state index >= 15 is 0 Å². The summed E-state index contributed by atoms with van der Waals surface area (Å²) in [5, 5.41) is 4.76. The van der Waals surface area contributed by atoms with Gasteiger partial charge in [-0.15, -0.1) is 11.3 Å². The number of nitrogens with zero attached hydrogens (tertiary/aromatic N) is 2. The van der Waals surface area contributed by atoms with Crippen LogP contribution in [0, 0.1) is 6.92 Å². The van der Waals surface area contributed by atoms with E-state index in [0.29, 0.717) is 0 Å². The lowest BCUT2D eigenvalue weighted by atomic mass is 10.00. The fraction of sp³-hybridized carbons (Fsp3) is 0.167. The van der Waals surface area contributed by atoms with Crippen molar-refractivity contribution in [1.29, 1.82) is 0 Å². The maximum absolute atomic E-state index is 4.90. The van der Waals surface area contributed by atoms with Gasteiger partial charge in [0.1, 0.15) is 5.82 Å². The van der Waals surface area contributed by atoms with Crippen LogP contribution in [-0.2, 0) is 19.3 Å². The third kappa shape index (κ3) is 3.43. The van der Waals surface area contributed by atoms with Crippen molar-refractivity contribution in [2.75, 3.05) is 5.32 Å². The first kappa shape index (κ1) is 17.1. The van der Waals surface area contributed by atoms with Gasteiger partial charge >= 0.3 is 0 Å². The molecule has 0 unspecified atom stereocenters. The Morgan fingerprint density at radius 2 is 1.82 bits per heavy atom. The normalized spacial score (nSPS) is 12.6. The van der Waals surface area contributed by atoms with Gasteiger partial charge in [0.2, 0.25) is 0 Å². The maximum Gasteiger partial charge on any atom is 0.144 e. The Labute approximate surface area is 169 Å². The van der Waals surface area contributed by atoms with Crippen LogP contribution < -0.4 is 5.32 Å². The van der Waals surface area contributed by atoms with E-state index in [9.17, 15) is 0 Å². The number of hydrogen-bond acceptors (Lipinski definition) is 4. The van der Waals surface area contributed by atoms with E-state index in [0.717, 1.165) is 30.8 Å². The SMILES string of the molecule is Cc1cc(-c2ccc3c(c2)CCc2sc(Cc4ccccc4)nc2N3)ccn1. The molecule has 1 aliphatic heterocycles. The van der Waals surface area contributed by atoms with Gasteiger partial charge < -0.3 is 5.32 Å². The van der Waals surface area contributed by atoms with Gasteiger partial charge in [-0.1, -0.05) is 36.4 Å². The van der Waals surface area contributed by atoms with E-state index in [1.54, 1.807) is 0 Å². The fourth-order valence-corrected chi connectivity index (χ4v) is 4.77. The zero-order chi connectivity index (χ0) is 18.9. The average Bonchev–Trinajstić information content (AvgIpc) is 3.00. The summed E-state index contributed by atoms with van der Waals surface area (Å²) >= 11 is 1.83. The van der Waals surface area contributed by atoms with Crippen LogP contribution in [0.5, 0.6) is 0 Å². The molecular weight excluding hydrogens is 362 g/mol. The molecule has 0 fully saturated rings. The second-order valence-corrected chi connectivity index (χ2v) is 8.39. The first-order valence-corrected chi connectivity index (χ1v) is 10.4. The Kier molecular flexibility index (Phi) is 4.41. The highest BCUT2D eigenvalue weighted by atomic mass is 32.1. The summed E-state index contributed by atoms with van der Waals surface area (Å²) < 4.78 is 0. The molecule has 0 saturated carbocycles. The lowest BCUT2D eigenvalue weighted by Gasteiger charge is -2.10. The molecule has 0 saturated heterocycles. The van der Waals surface area contributed by atoms with E-state index in [1.807, 2.05) is 24.5 Å². The highest BCUT2D eigenvalue weighted by molar-refractivity contribution is 7.12. The molecule has 0 atom stereocenters. The summed E-state index contributed by atoms with van der Waals surface area (Å²) in [6, 6.07) is 21.4. The van der Waals surface area contributed by atoms with E-state index in [-0.39, 0.29) is 0 Å². The van der Waals surface area contributed by atoms with Crippen molar-refractivity contribution < 1.29 is 0 Å². The molecule has 2 aromatic heterocycles. The van der Waals surface area contributed by atoms with Gasteiger partial charge in [-0.3, -0.25) is 4.98 Å². The number of hydrogen-bond donors (Lipinski definition) is 1. The molecule has 138 valence electrons. The molecule has 4 heteroatoms. The molecule has 1 N–H and O–H groups in total. The monoisotopic (exact) mass is 383 g/mol. The fourth-order valence-electron chi connectivity index (χ4n) is 3.72. The minimum Gasteiger partial charge on any atom is -0.339 e. The summed E-state index contributed by atoms with van der Waals surface area (Å²) in [7, 11) is 0. The summed E-state index contributed by atoms with van der Waals surface area (Å²) in [5.41, 5.74) is 7.34. The van der Waals surface area contributed by atoms with Gasteiger partial charge in [0.25, 0.3) is 0 Å². The number of nitrogens with one attached hydrogen (secondary N) is 1. The minimum atomic E-state index is 0.896. The van der Waals surface area contributed by atoms with Crippen LogP contribution in [0.2, 0.25) is 0 Å². The largest absolute Gasteiger partial charge is 0.339 e. The quantitative estimate of drug-likeness (QED) is 0.475. The molecule has 0 amide bonds. The number of anilines is 2. The van der Waals surface area contributed by atoms with Crippen LogP contribution in [0.4, 0.5) is 11.5 Å². The smallest absolute Gasteiger partial charge is 0.144 e. The molecule has 5 rings (SSSR count). The number of benzene rings is 2. The second kappa shape index (κ2) is 7.21. The molecule has 3 heterocycles. The Hall–Kier alpha value is -2.98. The van der Waals surface area contributed by atoms with Gasteiger partial charge in [0.05, 0.1) is 5.01 Å². The van der Waals surface area contributed by atoms with Crippen molar-refractivity contribution in [3.63, 3.8) is 0 Å². The molecule has 0 spiro atoms. The number of pyridine rings is 1. The van der Waals surface area contributed by atoms with Crippen LogP contribution in [0.25, 0.3) is 11.1 Å². The van der Waals surface area contributed by atoms with E-state index in [1.165, 1.54) is 37.8 Å². The van der Waals surface area contributed by atoms with Crippen molar-refractivity contribution in [3.05, 3.63) is 93.6 Å². The third-order valence-electron chi connectivity index (χ3n) is 5.15. The van der Waals surface area contributed by atoms with Gasteiger partial charge in [-0.25, -0.2) is 4.98 Å².